The first-order valence-corrected chi connectivity index (χ1v) is 8.49. The average Bonchev–Trinajstić information content (AvgIpc) is 3.10. The average molecular weight is 360 g/mol. The number of terminal acetylenes is 1. The maximum absolute atomic E-state index is 12.7. The predicted molar refractivity (Wildman–Crippen MR) is 104 cm³/mol. The van der Waals surface area contributed by atoms with Gasteiger partial charge in [-0.15, -0.1) is 6.42 Å². The molecule has 0 saturated carbocycles. The number of nitrogens with zero attached hydrogens (tertiary/aromatic N) is 2. The van der Waals surface area contributed by atoms with Gasteiger partial charge in [0.15, 0.2) is 0 Å². The second-order valence-electron chi connectivity index (χ2n) is 6.43. The summed E-state index contributed by atoms with van der Waals surface area (Å²) in [4.78, 5) is 33.9. The Balaban J connectivity index is 1.83. The largest absolute Gasteiger partial charge is 0.349 e. The van der Waals surface area contributed by atoms with Crippen molar-refractivity contribution in [1.82, 2.24) is 20.2 Å². The first kappa shape index (κ1) is 18.2. The van der Waals surface area contributed by atoms with Crippen molar-refractivity contribution in [2.75, 3.05) is 14.1 Å². The van der Waals surface area contributed by atoms with Gasteiger partial charge in [-0.1, -0.05) is 36.3 Å². The van der Waals surface area contributed by atoms with Gasteiger partial charge >= 0.3 is 0 Å². The van der Waals surface area contributed by atoms with Crippen LogP contribution in [0, 0.1) is 12.3 Å². The molecule has 0 saturated heterocycles. The van der Waals surface area contributed by atoms with Gasteiger partial charge in [0.1, 0.15) is 17.4 Å². The Labute approximate surface area is 157 Å². The highest BCUT2D eigenvalue weighted by Gasteiger charge is 2.24. The molecule has 2 heterocycles. The number of likely N-dealkylation sites (N-methyl/N-ethyl adjacent to an activating group) is 1. The number of hydrogen-bond donors (Lipinski definition) is 2. The first-order chi connectivity index (χ1) is 13.0. The molecule has 0 aliphatic heterocycles. The fraction of sp³-hybridized carbons (Fsp3) is 0.190. The molecule has 27 heavy (non-hydrogen) atoms. The van der Waals surface area contributed by atoms with E-state index in [1.165, 1.54) is 4.90 Å². The first-order valence-electron chi connectivity index (χ1n) is 8.49. The van der Waals surface area contributed by atoms with Gasteiger partial charge in [-0.3, -0.25) is 9.59 Å². The van der Waals surface area contributed by atoms with Gasteiger partial charge < -0.3 is 15.2 Å². The van der Waals surface area contributed by atoms with Gasteiger partial charge in [0.25, 0.3) is 5.91 Å². The molecule has 2 amide bonds. The van der Waals surface area contributed by atoms with Crippen molar-refractivity contribution in [2.24, 2.45) is 0 Å². The molecule has 0 spiro atoms. The zero-order valence-corrected chi connectivity index (χ0v) is 15.2. The van der Waals surface area contributed by atoms with E-state index < -0.39 is 6.04 Å². The summed E-state index contributed by atoms with van der Waals surface area (Å²) in [5.74, 6) is 1.94. The molecular weight excluding hydrogens is 340 g/mol. The smallest absolute Gasteiger partial charge is 0.268 e. The van der Waals surface area contributed by atoms with E-state index in [0.29, 0.717) is 23.3 Å². The van der Waals surface area contributed by atoms with E-state index in [1.807, 2.05) is 30.3 Å². The molecule has 0 unspecified atom stereocenters. The number of fused-ring (bicyclic) bond motifs is 1. The predicted octanol–water partition coefficient (Wildman–Crippen LogP) is 1.97. The number of nitrogens with one attached hydrogen (secondary N) is 2. The molecule has 1 atom stereocenters. The van der Waals surface area contributed by atoms with Crippen molar-refractivity contribution < 1.29 is 9.59 Å². The molecular formula is C21H20N4O2. The van der Waals surface area contributed by atoms with E-state index in [9.17, 15) is 9.59 Å². The highest BCUT2D eigenvalue weighted by Crippen LogP contribution is 2.16. The third-order valence-electron chi connectivity index (χ3n) is 4.22. The Morgan fingerprint density at radius 2 is 2.00 bits per heavy atom. The lowest BCUT2D eigenvalue weighted by Crippen LogP contribution is -2.47. The third-order valence-corrected chi connectivity index (χ3v) is 4.22. The minimum absolute atomic E-state index is 0.167. The van der Waals surface area contributed by atoms with Gasteiger partial charge in [0.05, 0.1) is 11.7 Å². The Kier molecular flexibility index (Phi) is 5.23. The van der Waals surface area contributed by atoms with Crippen LogP contribution in [0.5, 0.6) is 0 Å². The number of hydrogen-bond acceptors (Lipinski definition) is 3. The third kappa shape index (κ3) is 4.15. The summed E-state index contributed by atoms with van der Waals surface area (Å²) in [6.45, 7) is 0. The van der Waals surface area contributed by atoms with Crippen molar-refractivity contribution in [2.45, 2.75) is 12.5 Å². The highest BCUT2D eigenvalue weighted by molar-refractivity contribution is 6.00. The molecule has 3 rings (SSSR count). The second-order valence-corrected chi connectivity index (χ2v) is 6.43. The number of carbonyl (C=O) groups is 2. The number of aromatic nitrogens is 2. The van der Waals surface area contributed by atoms with Crippen molar-refractivity contribution in [3.05, 3.63) is 65.6 Å². The second kappa shape index (κ2) is 7.75. The van der Waals surface area contributed by atoms with Gasteiger partial charge in [-0.2, -0.15) is 0 Å². The Morgan fingerprint density at radius 1 is 1.26 bits per heavy atom. The summed E-state index contributed by atoms with van der Waals surface area (Å²) >= 11 is 0. The summed E-state index contributed by atoms with van der Waals surface area (Å²) < 4.78 is 0. The number of benzene rings is 1. The van der Waals surface area contributed by atoms with Gasteiger partial charge in [0.2, 0.25) is 5.91 Å². The molecule has 6 nitrogen and oxygen atoms in total. The molecule has 136 valence electrons. The molecule has 3 aromatic rings. The van der Waals surface area contributed by atoms with E-state index in [2.05, 4.69) is 21.2 Å². The van der Waals surface area contributed by atoms with Crippen molar-refractivity contribution in [3.63, 3.8) is 0 Å². The Bertz CT molecular complexity index is 1020. The Hall–Kier alpha value is -3.59. The summed E-state index contributed by atoms with van der Waals surface area (Å²) in [6.07, 6.45) is 7.36. The van der Waals surface area contributed by atoms with Crippen LogP contribution in [-0.4, -0.2) is 46.8 Å². The topological polar surface area (TPSA) is 78.1 Å². The van der Waals surface area contributed by atoms with E-state index in [0.717, 1.165) is 10.9 Å². The van der Waals surface area contributed by atoms with Crippen molar-refractivity contribution in [1.29, 1.82) is 0 Å². The molecule has 0 aliphatic rings. The lowest BCUT2D eigenvalue weighted by molar-refractivity contribution is -0.130. The minimum atomic E-state index is -0.666. The van der Waals surface area contributed by atoms with Crippen LogP contribution in [0.1, 0.15) is 21.7 Å². The fourth-order valence-corrected chi connectivity index (χ4v) is 2.83. The number of carbonyl (C=O) groups excluding carboxylic acids is 2. The molecule has 6 heteroatoms. The standard InChI is InChI=1S/C21H20N4O2/c1-4-16-11-15-12-17(23-19(15)13-22-16)20(26)24-18(21(27)25(2)3)10-14-8-6-5-7-9-14/h1,5-9,11-13,18,23H,10H2,2-3H3,(H,24,26)/t18-/m0/s1. The van der Waals surface area contributed by atoms with Crippen molar-refractivity contribution >= 4 is 22.7 Å². The van der Waals surface area contributed by atoms with Gasteiger partial charge in [0, 0.05) is 25.9 Å². The van der Waals surface area contributed by atoms with Crippen molar-refractivity contribution in [3.8, 4) is 12.3 Å². The maximum atomic E-state index is 12.7. The van der Waals surface area contributed by atoms with E-state index >= 15 is 0 Å². The molecule has 2 N–H and O–H groups in total. The fourth-order valence-electron chi connectivity index (χ4n) is 2.83. The minimum Gasteiger partial charge on any atom is -0.349 e. The summed E-state index contributed by atoms with van der Waals surface area (Å²) in [5.41, 5.74) is 2.53. The summed E-state index contributed by atoms with van der Waals surface area (Å²) in [7, 11) is 3.34. The van der Waals surface area contributed by atoms with Crippen LogP contribution in [0.4, 0.5) is 0 Å². The van der Waals surface area contributed by atoms with Crippen LogP contribution in [-0.2, 0) is 11.2 Å². The number of amides is 2. The number of aromatic amines is 1. The quantitative estimate of drug-likeness (QED) is 0.683. The maximum Gasteiger partial charge on any atom is 0.268 e. The van der Waals surface area contributed by atoms with Crippen LogP contribution in [0.2, 0.25) is 0 Å². The zero-order valence-electron chi connectivity index (χ0n) is 15.2. The summed E-state index contributed by atoms with van der Waals surface area (Å²) in [5, 5.41) is 3.62. The Morgan fingerprint density at radius 3 is 2.67 bits per heavy atom. The molecule has 0 radical (unpaired) electrons. The van der Waals surface area contributed by atoms with Gasteiger partial charge in [-0.05, 0) is 17.7 Å². The van der Waals surface area contributed by atoms with Crippen LogP contribution in [0.25, 0.3) is 10.9 Å². The number of rotatable bonds is 5. The van der Waals surface area contributed by atoms with Crippen LogP contribution < -0.4 is 5.32 Å². The van der Waals surface area contributed by atoms with E-state index in [4.69, 9.17) is 6.42 Å². The molecule has 0 bridgehead atoms. The van der Waals surface area contributed by atoms with Crippen LogP contribution in [0.3, 0.4) is 0 Å². The van der Waals surface area contributed by atoms with Gasteiger partial charge in [-0.25, -0.2) is 4.98 Å². The van der Waals surface area contributed by atoms with Crippen LogP contribution >= 0.6 is 0 Å². The monoisotopic (exact) mass is 360 g/mol. The normalized spacial score (nSPS) is 11.6. The number of pyridine rings is 1. The SMILES string of the molecule is C#Cc1cc2cc(C(=O)N[C@@H](Cc3ccccc3)C(=O)N(C)C)[nH]c2cn1. The van der Waals surface area contributed by atoms with E-state index in [1.54, 1.807) is 32.4 Å². The lowest BCUT2D eigenvalue weighted by Gasteiger charge is -2.21. The molecule has 0 aliphatic carbocycles. The molecule has 1 aromatic carbocycles. The molecule has 0 fully saturated rings. The molecule has 2 aromatic heterocycles. The zero-order chi connectivity index (χ0) is 19.4. The summed E-state index contributed by atoms with van der Waals surface area (Å²) in [6, 6.07) is 12.3. The highest BCUT2D eigenvalue weighted by atomic mass is 16.2. The van der Waals surface area contributed by atoms with Crippen LogP contribution in [0.15, 0.2) is 48.7 Å². The lowest BCUT2D eigenvalue weighted by atomic mass is 10.0. The number of H-pyrrole nitrogens is 1. The van der Waals surface area contributed by atoms with E-state index in [-0.39, 0.29) is 11.8 Å².